The Kier molecular flexibility index (Phi) is 2.24. The molecule has 0 aromatic carbocycles. The fourth-order valence-corrected chi connectivity index (χ4v) is 2.10. The van der Waals surface area contributed by atoms with E-state index in [1.165, 1.54) is 5.69 Å². The summed E-state index contributed by atoms with van der Waals surface area (Å²) in [5.41, 5.74) is 3.03. The van der Waals surface area contributed by atoms with Gasteiger partial charge in [-0.2, -0.15) is 0 Å². The molecular formula is C6H8BrNS. The molecule has 0 aliphatic carbocycles. The van der Waals surface area contributed by atoms with Crippen LogP contribution in [0, 0.1) is 0 Å². The maximum Gasteiger partial charge on any atom is 0.0931 e. The lowest BCUT2D eigenvalue weighted by molar-refractivity contribution is 0.828. The maximum atomic E-state index is 4.19. The van der Waals surface area contributed by atoms with E-state index in [4.69, 9.17) is 0 Å². The molecule has 3 heteroatoms. The van der Waals surface area contributed by atoms with E-state index in [1.807, 2.05) is 5.51 Å². The minimum atomic E-state index is 0.533. The molecule has 0 fully saturated rings. The van der Waals surface area contributed by atoms with Gasteiger partial charge in [-0.1, -0.05) is 13.8 Å². The summed E-state index contributed by atoms with van der Waals surface area (Å²) in [7, 11) is 0. The predicted molar refractivity (Wildman–Crippen MR) is 43.9 cm³/mol. The molecule has 9 heavy (non-hydrogen) atoms. The molecule has 1 heterocycles. The van der Waals surface area contributed by atoms with Gasteiger partial charge in [0.1, 0.15) is 0 Å². The van der Waals surface area contributed by atoms with Gasteiger partial charge in [-0.05, 0) is 21.8 Å². The number of aromatic nitrogens is 1. The predicted octanol–water partition coefficient (Wildman–Crippen LogP) is 3.03. The van der Waals surface area contributed by atoms with Crippen molar-refractivity contribution in [2.75, 3.05) is 0 Å². The minimum absolute atomic E-state index is 0.533. The molecular weight excluding hydrogens is 198 g/mol. The summed E-state index contributed by atoms with van der Waals surface area (Å²) < 4.78 is 1.16. The normalized spacial score (nSPS) is 10.7. The van der Waals surface area contributed by atoms with Crippen molar-refractivity contribution in [1.29, 1.82) is 0 Å². The van der Waals surface area contributed by atoms with Crippen molar-refractivity contribution in [1.82, 2.24) is 4.98 Å². The Labute approximate surface area is 67.3 Å². The highest BCUT2D eigenvalue weighted by Gasteiger charge is 2.05. The van der Waals surface area contributed by atoms with Crippen molar-refractivity contribution in [3.8, 4) is 0 Å². The third-order valence-corrected chi connectivity index (χ3v) is 2.69. The molecule has 0 unspecified atom stereocenters. The van der Waals surface area contributed by atoms with Crippen LogP contribution in [-0.4, -0.2) is 4.98 Å². The van der Waals surface area contributed by atoms with Crippen LogP contribution in [0.3, 0.4) is 0 Å². The number of hydrogen-bond donors (Lipinski definition) is 0. The summed E-state index contributed by atoms with van der Waals surface area (Å²) in [6, 6.07) is 0. The molecule has 50 valence electrons. The Hall–Kier alpha value is 0.110. The van der Waals surface area contributed by atoms with E-state index >= 15 is 0 Å². The Morgan fingerprint density at radius 3 is 2.56 bits per heavy atom. The van der Waals surface area contributed by atoms with Crippen LogP contribution in [0.25, 0.3) is 0 Å². The van der Waals surface area contributed by atoms with Crippen molar-refractivity contribution in [2.24, 2.45) is 0 Å². The average Bonchev–Trinajstić information content (AvgIpc) is 2.13. The van der Waals surface area contributed by atoms with Crippen molar-refractivity contribution in [3.63, 3.8) is 0 Å². The first kappa shape index (κ1) is 7.22. The van der Waals surface area contributed by atoms with Crippen molar-refractivity contribution in [2.45, 2.75) is 19.8 Å². The summed E-state index contributed by atoms with van der Waals surface area (Å²) in [5.74, 6) is 0.533. The molecule has 0 amide bonds. The van der Waals surface area contributed by atoms with Gasteiger partial charge < -0.3 is 0 Å². The summed E-state index contributed by atoms with van der Waals surface area (Å²) in [5, 5.41) is 0. The van der Waals surface area contributed by atoms with Crippen LogP contribution in [0.15, 0.2) is 9.30 Å². The molecule has 1 aromatic rings. The van der Waals surface area contributed by atoms with Crippen molar-refractivity contribution in [3.05, 3.63) is 15.0 Å². The van der Waals surface area contributed by atoms with Gasteiger partial charge in [-0.25, -0.2) is 4.98 Å². The zero-order valence-corrected chi connectivity index (χ0v) is 7.79. The molecule has 0 atom stereocenters. The molecule has 1 aromatic heterocycles. The average molecular weight is 206 g/mol. The molecule has 0 spiro atoms. The van der Waals surface area contributed by atoms with Crippen LogP contribution < -0.4 is 0 Å². The van der Waals surface area contributed by atoms with Crippen molar-refractivity contribution >= 4 is 27.3 Å². The molecule has 0 aliphatic heterocycles. The molecule has 0 bridgehead atoms. The third-order valence-electron chi connectivity index (χ3n) is 1.10. The standard InChI is InChI=1S/C6H8BrNS/c1-4(2)5-6(7)9-3-8-5/h3-4H,1-2H3. The van der Waals surface area contributed by atoms with Crippen LogP contribution >= 0.6 is 27.3 Å². The first-order valence-electron chi connectivity index (χ1n) is 2.80. The molecule has 0 saturated carbocycles. The lowest BCUT2D eigenvalue weighted by Gasteiger charge is -1.97. The minimum Gasteiger partial charge on any atom is -0.248 e. The maximum absolute atomic E-state index is 4.19. The monoisotopic (exact) mass is 205 g/mol. The van der Waals surface area contributed by atoms with Gasteiger partial charge in [-0.3, -0.25) is 0 Å². The highest BCUT2D eigenvalue weighted by molar-refractivity contribution is 9.11. The fourth-order valence-electron chi connectivity index (χ4n) is 0.617. The SMILES string of the molecule is CC(C)c1ncsc1Br. The van der Waals surface area contributed by atoms with E-state index < -0.39 is 0 Å². The van der Waals surface area contributed by atoms with Crippen molar-refractivity contribution < 1.29 is 0 Å². The Morgan fingerprint density at radius 2 is 2.33 bits per heavy atom. The second-order valence-corrected chi connectivity index (χ2v) is 4.34. The molecule has 0 N–H and O–H groups in total. The van der Waals surface area contributed by atoms with E-state index in [2.05, 4.69) is 34.8 Å². The van der Waals surface area contributed by atoms with E-state index in [0.717, 1.165) is 3.79 Å². The molecule has 0 saturated heterocycles. The summed E-state index contributed by atoms with van der Waals surface area (Å²) in [6.45, 7) is 4.28. The number of halogens is 1. The van der Waals surface area contributed by atoms with Crippen LogP contribution in [0.4, 0.5) is 0 Å². The van der Waals surface area contributed by atoms with Gasteiger partial charge in [0.15, 0.2) is 0 Å². The second kappa shape index (κ2) is 2.80. The third kappa shape index (κ3) is 1.52. The second-order valence-electron chi connectivity index (χ2n) is 2.17. The van der Waals surface area contributed by atoms with Crippen LogP contribution in [0.5, 0.6) is 0 Å². The molecule has 1 nitrogen and oxygen atoms in total. The van der Waals surface area contributed by atoms with Gasteiger partial charge in [0, 0.05) is 0 Å². The largest absolute Gasteiger partial charge is 0.248 e. The van der Waals surface area contributed by atoms with Gasteiger partial charge >= 0.3 is 0 Å². The summed E-state index contributed by atoms with van der Waals surface area (Å²) in [4.78, 5) is 4.19. The zero-order valence-electron chi connectivity index (χ0n) is 5.39. The number of thiazole rings is 1. The Balaban J connectivity index is 2.94. The first-order chi connectivity index (χ1) is 4.22. The quantitative estimate of drug-likeness (QED) is 0.688. The van der Waals surface area contributed by atoms with Gasteiger partial charge in [0.25, 0.3) is 0 Å². The topological polar surface area (TPSA) is 12.9 Å². The highest BCUT2D eigenvalue weighted by Crippen LogP contribution is 2.26. The van der Waals surface area contributed by atoms with E-state index in [9.17, 15) is 0 Å². The summed E-state index contributed by atoms with van der Waals surface area (Å²) >= 11 is 5.06. The molecule has 0 aliphatic rings. The Morgan fingerprint density at radius 1 is 1.67 bits per heavy atom. The first-order valence-corrected chi connectivity index (χ1v) is 4.48. The zero-order chi connectivity index (χ0) is 6.85. The van der Waals surface area contributed by atoms with Gasteiger partial charge in [0.2, 0.25) is 0 Å². The fraction of sp³-hybridized carbons (Fsp3) is 0.500. The molecule has 1 rings (SSSR count). The number of rotatable bonds is 1. The van der Waals surface area contributed by atoms with Crippen LogP contribution in [0.2, 0.25) is 0 Å². The Bertz CT molecular complexity index is 195. The summed E-state index contributed by atoms with van der Waals surface area (Å²) in [6.07, 6.45) is 0. The lowest BCUT2D eigenvalue weighted by atomic mass is 10.2. The van der Waals surface area contributed by atoms with Gasteiger partial charge in [-0.15, -0.1) is 11.3 Å². The lowest BCUT2D eigenvalue weighted by Crippen LogP contribution is -1.86. The van der Waals surface area contributed by atoms with E-state index in [1.54, 1.807) is 11.3 Å². The molecule has 0 radical (unpaired) electrons. The highest BCUT2D eigenvalue weighted by atomic mass is 79.9. The van der Waals surface area contributed by atoms with Gasteiger partial charge in [0.05, 0.1) is 15.0 Å². The number of nitrogens with zero attached hydrogens (tertiary/aromatic N) is 1. The van der Waals surface area contributed by atoms with E-state index in [-0.39, 0.29) is 0 Å². The van der Waals surface area contributed by atoms with Crippen LogP contribution in [0.1, 0.15) is 25.5 Å². The number of hydrogen-bond acceptors (Lipinski definition) is 2. The van der Waals surface area contributed by atoms with E-state index in [0.29, 0.717) is 5.92 Å². The van der Waals surface area contributed by atoms with Crippen LogP contribution in [-0.2, 0) is 0 Å². The smallest absolute Gasteiger partial charge is 0.0931 e.